The van der Waals surface area contributed by atoms with E-state index in [1.165, 1.54) is 24.8 Å². The number of hydrogen-bond donors (Lipinski definition) is 2. The minimum Gasteiger partial charge on any atom is -0.384 e. The molecule has 0 aromatic carbocycles. The molecule has 1 fully saturated rings. The molecule has 1 atom stereocenters. The Balaban J connectivity index is 1.95. The summed E-state index contributed by atoms with van der Waals surface area (Å²) >= 11 is 0. The molecule has 0 saturated heterocycles. The summed E-state index contributed by atoms with van der Waals surface area (Å²) in [6.07, 6.45) is 6.61. The maximum atomic E-state index is 6.10. The van der Waals surface area contributed by atoms with Crippen LogP contribution in [-0.2, 0) is 6.42 Å². The normalized spacial score (nSPS) is 18.9. The molecule has 3 heteroatoms. The number of anilines is 1. The van der Waals surface area contributed by atoms with Crippen molar-refractivity contribution in [3.05, 3.63) is 23.9 Å². The molecule has 1 aromatic heterocycles. The zero-order valence-corrected chi connectivity index (χ0v) is 8.32. The Hall–Kier alpha value is -1.09. The molecule has 76 valence electrons. The average Bonchev–Trinajstić information content (AvgIpc) is 1.99. The first kappa shape index (κ1) is 9.46. The van der Waals surface area contributed by atoms with Gasteiger partial charge in [0, 0.05) is 12.2 Å². The summed E-state index contributed by atoms with van der Waals surface area (Å²) < 4.78 is 0. The van der Waals surface area contributed by atoms with E-state index in [-0.39, 0.29) is 0 Å². The molecule has 4 N–H and O–H groups in total. The second-order valence-corrected chi connectivity index (χ2v) is 4.15. The third-order valence-electron chi connectivity index (χ3n) is 3.07. The van der Waals surface area contributed by atoms with Crippen LogP contribution in [0.15, 0.2) is 18.3 Å². The molecular weight excluding hydrogens is 174 g/mol. The lowest BCUT2D eigenvalue weighted by atomic mass is 9.78. The summed E-state index contributed by atoms with van der Waals surface area (Å²) in [5, 5.41) is 0. The summed E-state index contributed by atoms with van der Waals surface area (Å²) in [6.45, 7) is 0. The van der Waals surface area contributed by atoms with Crippen LogP contribution < -0.4 is 11.5 Å². The van der Waals surface area contributed by atoms with Crippen LogP contribution >= 0.6 is 0 Å². The standard InChI is InChI=1S/C11H17N3/c12-10(9-2-1-3-9)6-8-4-5-14-11(13)7-8/h4-5,7,9-10H,1-3,6,12H2,(H2,13,14). The Morgan fingerprint density at radius 1 is 1.50 bits per heavy atom. The number of hydrogen-bond acceptors (Lipinski definition) is 3. The fourth-order valence-electron chi connectivity index (χ4n) is 1.93. The molecule has 0 radical (unpaired) electrons. The fourth-order valence-corrected chi connectivity index (χ4v) is 1.93. The van der Waals surface area contributed by atoms with Gasteiger partial charge in [-0.05, 0) is 42.9 Å². The summed E-state index contributed by atoms with van der Waals surface area (Å²) in [5.74, 6) is 1.31. The number of pyridine rings is 1. The van der Waals surface area contributed by atoms with Crippen molar-refractivity contribution in [2.24, 2.45) is 11.7 Å². The minimum atomic E-state index is 0.297. The van der Waals surface area contributed by atoms with Crippen molar-refractivity contribution in [1.82, 2.24) is 4.98 Å². The van der Waals surface area contributed by atoms with E-state index in [1.54, 1.807) is 6.20 Å². The van der Waals surface area contributed by atoms with E-state index in [9.17, 15) is 0 Å². The molecule has 1 heterocycles. The third-order valence-corrected chi connectivity index (χ3v) is 3.07. The van der Waals surface area contributed by atoms with Crippen molar-refractivity contribution in [1.29, 1.82) is 0 Å². The SMILES string of the molecule is Nc1cc(CC(N)C2CCC2)ccn1. The highest BCUT2D eigenvalue weighted by atomic mass is 14.8. The predicted octanol–water partition coefficient (Wildman–Crippen LogP) is 1.33. The van der Waals surface area contributed by atoms with Gasteiger partial charge in [0.05, 0.1) is 0 Å². The van der Waals surface area contributed by atoms with Crippen LogP contribution in [0.4, 0.5) is 5.82 Å². The van der Waals surface area contributed by atoms with E-state index >= 15 is 0 Å². The highest BCUT2D eigenvalue weighted by Crippen LogP contribution is 2.29. The largest absolute Gasteiger partial charge is 0.384 e. The van der Waals surface area contributed by atoms with Crippen molar-refractivity contribution in [2.45, 2.75) is 31.7 Å². The second kappa shape index (κ2) is 3.96. The molecule has 0 amide bonds. The molecule has 1 saturated carbocycles. The van der Waals surface area contributed by atoms with Gasteiger partial charge in [-0.1, -0.05) is 6.42 Å². The molecule has 14 heavy (non-hydrogen) atoms. The van der Waals surface area contributed by atoms with Gasteiger partial charge in [-0.3, -0.25) is 0 Å². The first-order valence-electron chi connectivity index (χ1n) is 5.21. The molecular formula is C11H17N3. The second-order valence-electron chi connectivity index (χ2n) is 4.15. The number of rotatable bonds is 3. The van der Waals surface area contributed by atoms with Crippen molar-refractivity contribution >= 4 is 5.82 Å². The zero-order chi connectivity index (χ0) is 9.97. The van der Waals surface area contributed by atoms with Crippen LogP contribution in [0.3, 0.4) is 0 Å². The lowest BCUT2D eigenvalue weighted by Gasteiger charge is -2.31. The lowest BCUT2D eigenvalue weighted by Crippen LogP contribution is -2.36. The van der Waals surface area contributed by atoms with Crippen LogP contribution in [0, 0.1) is 5.92 Å². The molecule has 2 rings (SSSR count). The highest BCUT2D eigenvalue weighted by molar-refractivity contribution is 5.32. The topological polar surface area (TPSA) is 64.9 Å². The van der Waals surface area contributed by atoms with Gasteiger partial charge < -0.3 is 11.5 Å². The molecule has 0 aliphatic heterocycles. The van der Waals surface area contributed by atoms with Crippen molar-refractivity contribution < 1.29 is 0 Å². The number of aromatic nitrogens is 1. The molecule has 0 spiro atoms. The molecule has 1 aromatic rings. The van der Waals surface area contributed by atoms with Crippen LogP contribution in [0.2, 0.25) is 0 Å². The fraction of sp³-hybridized carbons (Fsp3) is 0.545. The molecule has 1 unspecified atom stereocenters. The molecule has 1 aliphatic rings. The summed E-state index contributed by atoms with van der Waals surface area (Å²) in [7, 11) is 0. The maximum Gasteiger partial charge on any atom is 0.123 e. The van der Waals surface area contributed by atoms with Gasteiger partial charge in [-0.2, -0.15) is 0 Å². The van der Waals surface area contributed by atoms with Crippen molar-refractivity contribution in [2.75, 3.05) is 5.73 Å². The number of nitrogens with two attached hydrogens (primary N) is 2. The Kier molecular flexibility index (Phi) is 2.68. The predicted molar refractivity (Wildman–Crippen MR) is 57.7 cm³/mol. The van der Waals surface area contributed by atoms with Crippen molar-refractivity contribution in [3.63, 3.8) is 0 Å². The average molecular weight is 191 g/mol. The third kappa shape index (κ3) is 2.04. The Morgan fingerprint density at radius 2 is 2.29 bits per heavy atom. The van der Waals surface area contributed by atoms with Gasteiger partial charge in [0.25, 0.3) is 0 Å². The van der Waals surface area contributed by atoms with Gasteiger partial charge in [0.1, 0.15) is 5.82 Å². The van der Waals surface area contributed by atoms with Crippen LogP contribution in [-0.4, -0.2) is 11.0 Å². The van der Waals surface area contributed by atoms with Gasteiger partial charge in [-0.15, -0.1) is 0 Å². The van der Waals surface area contributed by atoms with E-state index in [0.29, 0.717) is 11.9 Å². The van der Waals surface area contributed by atoms with Crippen LogP contribution in [0.1, 0.15) is 24.8 Å². The van der Waals surface area contributed by atoms with Gasteiger partial charge in [0.2, 0.25) is 0 Å². The first-order valence-corrected chi connectivity index (χ1v) is 5.21. The molecule has 0 bridgehead atoms. The van der Waals surface area contributed by atoms with Crippen LogP contribution in [0.25, 0.3) is 0 Å². The van der Waals surface area contributed by atoms with E-state index in [2.05, 4.69) is 4.98 Å². The van der Waals surface area contributed by atoms with Gasteiger partial charge in [0.15, 0.2) is 0 Å². The smallest absolute Gasteiger partial charge is 0.123 e. The summed E-state index contributed by atoms with van der Waals surface area (Å²) in [6, 6.07) is 4.21. The maximum absolute atomic E-state index is 6.10. The number of nitrogens with zero attached hydrogens (tertiary/aromatic N) is 1. The summed E-state index contributed by atoms with van der Waals surface area (Å²) in [5.41, 5.74) is 12.9. The zero-order valence-electron chi connectivity index (χ0n) is 8.32. The molecule has 3 nitrogen and oxygen atoms in total. The lowest BCUT2D eigenvalue weighted by molar-refractivity contribution is 0.260. The van der Waals surface area contributed by atoms with E-state index < -0.39 is 0 Å². The highest BCUT2D eigenvalue weighted by Gasteiger charge is 2.24. The van der Waals surface area contributed by atoms with E-state index in [4.69, 9.17) is 11.5 Å². The minimum absolute atomic E-state index is 0.297. The van der Waals surface area contributed by atoms with Crippen LogP contribution in [0.5, 0.6) is 0 Å². The summed E-state index contributed by atoms with van der Waals surface area (Å²) in [4.78, 5) is 3.96. The van der Waals surface area contributed by atoms with Gasteiger partial charge >= 0.3 is 0 Å². The Morgan fingerprint density at radius 3 is 2.86 bits per heavy atom. The van der Waals surface area contributed by atoms with E-state index in [0.717, 1.165) is 12.3 Å². The quantitative estimate of drug-likeness (QED) is 0.757. The Labute approximate surface area is 84.5 Å². The monoisotopic (exact) mass is 191 g/mol. The number of nitrogen functional groups attached to an aromatic ring is 1. The molecule has 1 aliphatic carbocycles. The van der Waals surface area contributed by atoms with Gasteiger partial charge in [-0.25, -0.2) is 4.98 Å². The first-order chi connectivity index (χ1) is 6.75. The van der Waals surface area contributed by atoms with E-state index in [1.807, 2.05) is 12.1 Å². The van der Waals surface area contributed by atoms with Crippen molar-refractivity contribution in [3.8, 4) is 0 Å². The Bertz CT molecular complexity index is 307.